The second kappa shape index (κ2) is 12.9. The van der Waals surface area contributed by atoms with Crippen molar-refractivity contribution in [3.05, 3.63) is 47.5 Å². The van der Waals surface area contributed by atoms with Crippen molar-refractivity contribution in [2.75, 3.05) is 34.5 Å². The van der Waals surface area contributed by atoms with E-state index in [1.54, 1.807) is 12.1 Å². The number of methoxy groups -OCH3 is 3. The van der Waals surface area contributed by atoms with Crippen LogP contribution in [0.1, 0.15) is 41.0 Å². The summed E-state index contributed by atoms with van der Waals surface area (Å²) in [4.78, 5) is 36.5. The molecular weight excluding hydrogens is 444 g/mol. The number of ether oxygens (including phenoxy) is 5. The van der Waals surface area contributed by atoms with Crippen molar-refractivity contribution in [3.63, 3.8) is 0 Å². The molecule has 0 aliphatic rings. The van der Waals surface area contributed by atoms with Crippen LogP contribution in [0.25, 0.3) is 0 Å². The molecule has 0 fully saturated rings. The molecule has 0 atom stereocenters. The topological polar surface area (TPSA) is 121 Å². The van der Waals surface area contributed by atoms with Crippen LogP contribution in [0.3, 0.4) is 0 Å². The number of carbonyl (C=O) groups excluding carboxylic acids is 3. The molecule has 2 aromatic rings. The Kier molecular flexibility index (Phi) is 10.0. The Bertz CT molecular complexity index is 1010. The zero-order valence-corrected chi connectivity index (χ0v) is 19.9. The number of rotatable bonds is 11. The van der Waals surface area contributed by atoms with Gasteiger partial charge in [-0.3, -0.25) is 20.4 Å². The van der Waals surface area contributed by atoms with E-state index < -0.39 is 24.4 Å². The molecule has 0 bridgehead atoms. The fourth-order valence-corrected chi connectivity index (χ4v) is 2.75. The first kappa shape index (κ1) is 26.3. The minimum atomic E-state index is -0.728. The van der Waals surface area contributed by atoms with Gasteiger partial charge in [-0.15, -0.1) is 0 Å². The minimum absolute atomic E-state index is 0.190. The summed E-state index contributed by atoms with van der Waals surface area (Å²) < 4.78 is 26.2. The second-order valence-electron chi connectivity index (χ2n) is 7.54. The van der Waals surface area contributed by atoms with E-state index in [1.807, 2.05) is 0 Å². The Balaban J connectivity index is 1.86. The number of carbonyl (C=O) groups is 3. The third kappa shape index (κ3) is 7.58. The number of benzene rings is 2. The van der Waals surface area contributed by atoms with Gasteiger partial charge < -0.3 is 23.7 Å². The van der Waals surface area contributed by atoms with Gasteiger partial charge in [0.25, 0.3) is 11.8 Å². The highest BCUT2D eigenvalue weighted by atomic mass is 16.5. The van der Waals surface area contributed by atoms with E-state index in [9.17, 15) is 14.4 Å². The van der Waals surface area contributed by atoms with Crippen molar-refractivity contribution in [1.29, 1.82) is 0 Å². The summed E-state index contributed by atoms with van der Waals surface area (Å²) in [7, 11) is 4.39. The molecule has 10 nitrogen and oxygen atoms in total. The van der Waals surface area contributed by atoms with Gasteiger partial charge in [-0.05, 0) is 48.7 Å². The van der Waals surface area contributed by atoms with E-state index in [2.05, 4.69) is 24.7 Å². The number of hydrazine groups is 1. The van der Waals surface area contributed by atoms with Gasteiger partial charge in [-0.25, -0.2) is 4.79 Å². The van der Waals surface area contributed by atoms with Crippen molar-refractivity contribution in [2.45, 2.75) is 20.3 Å². The average molecular weight is 475 g/mol. The quantitative estimate of drug-likeness (QED) is 0.377. The van der Waals surface area contributed by atoms with Crippen LogP contribution < -0.4 is 29.8 Å². The molecular formula is C24H30N2O8. The first-order chi connectivity index (χ1) is 16.3. The maximum atomic E-state index is 12.3. The predicted octanol–water partition coefficient (Wildman–Crippen LogP) is 2.76. The molecule has 0 unspecified atom stereocenters. The zero-order chi connectivity index (χ0) is 25.1. The second-order valence-corrected chi connectivity index (χ2v) is 7.54. The maximum absolute atomic E-state index is 12.3. The Morgan fingerprint density at radius 2 is 1.38 bits per heavy atom. The highest BCUT2D eigenvalue weighted by molar-refractivity contribution is 5.96. The summed E-state index contributed by atoms with van der Waals surface area (Å²) >= 11 is 0. The van der Waals surface area contributed by atoms with Crippen LogP contribution in [0.15, 0.2) is 36.4 Å². The number of hydrogen-bond acceptors (Lipinski definition) is 8. The molecule has 0 saturated carbocycles. The van der Waals surface area contributed by atoms with Gasteiger partial charge in [0.1, 0.15) is 0 Å². The van der Waals surface area contributed by atoms with Crippen LogP contribution in [0, 0.1) is 5.92 Å². The third-order valence-corrected chi connectivity index (χ3v) is 4.65. The number of hydrogen-bond donors (Lipinski definition) is 2. The summed E-state index contributed by atoms with van der Waals surface area (Å²) in [6.45, 7) is 4.11. The molecule has 2 amide bonds. The summed E-state index contributed by atoms with van der Waals surface area (Å²) in [6, 6.07) is 9.14. The van der Waals surface area contributed by atoms with Crippen molar-refractivity contribution in [1.82, 2.24) is 10.9 Å². The lowest BCUT2D eigenvalue weighted by atomic mass is 10.1. The van der Waals surface area contributed by atoms with E-state index in [-0.39, 0.29) is 11.1 Å². The zero-order valence-electron chi connectivity index (χ0n) is 19.9. The molecule has 34 heavy (non-hydrogen) atoms. The van der Waals surface area contributed by atoms with Gasteiger partial charge in [0, 0.05) is 5.56 Å². The van der Waals surface area contributed by atoms with Crippen LogP contribution in [0.5, 0.6) is 23.0 Å². The van der Waals surface area contributed by atoms with E-state index in [0.717, 1.165) is 6.42 Å². The van der Waals surface area contributed by atoms with Crippen molar-refractivity contribution >= 4 is 17.8 Å². The first-order valence-corrected chi connectivity index (χ1v) is 10.6. The molecule has 2 N–H and O–H groups in total. The smallest absolute Gasteiger partial charge is 0.338 e. The fraction of sp³-hybridized carbons (Fsp3) is 0.375. The highest BCUT2D eigenvalue weighted by Gasteiger charge is 2.15. The summed E-state index contributed by atoms with van der Waals surface area (Å²) in [5.41, 5.74) is 4.85. The molecule has 184 valence electrons. The molecule has 2 rings (SSSR count). The molecule has 0 aliphatic heterocycles. The lowest BCUT2D eigenvalue weighted by Gasteiger charge is -2.13. The van der Waals surface area contributed by atoms with Gasteiger partial charge in [-0.2, -0.15) is 0 Å². The van der Waals surface area contributed by atoms with Gasteiger partial charge >= 0.3 is 5.97 Å². The van der Waals surface area contributed by atoms with Gasteiger partial charge in [0.2, 0.25) is 0 Å². The Hall–Kier alpha value is -3.95. The monoisotopic (exact) mass is 474 g/mol. The van der Waals surface area contributed by atoms with E-state index >= 15 is 0 Å². The summed E-state index contributed by atoms with van der Waals surface area (Å²) in [5, 5.41) is 0. The highest BCUT2D eigenvalue weighted by Crippen LogP contribution is 2.29. The molecule has 0 saturated heterocycles. The summed E-state index contributed by atoms with van der Waals surface area (Å²) in [6.07, 6.45) is 0.880. The number of esters is 1. The molecule has 0 spiro atoms. The minimum Gasteiger partial charge on any atom is -0.493 e. The Morgan fingerprint density at radius 1 is 0.794 bits per heavy atom. The van der Waals surface area contributed by atoms with E-state index in [1.165, 1.54) is 45.6 Å². The fourth-order valence-electron chi connectivity index (χ4n) is 2.75. The summed E-state index contributed by atoms with van der Waals surface area (Å²) in [5.74, 6) is 0.175. The van der Waals surface area contributed by atoms with Crippen LogP contribution in [0.4, 0.5) is 0 Å². The number of nitrogens with one attached hydrogen (secondary N) is 2. The standard InChI is InChI=1S/C24H30N2O8/c1-15(2)10-11-33-19-9-7-17(13-21(19)32-5)24(29)34-14-22(27)25-26-23(28)16-6-8-18(30-3)20(12-16)31-4/h6-9,12-13,15H,10-11,14H2,1-5H3,(H,25,27)(H,26,28). The maximum Gasteiger partial charge on any atom is 0.338 e. The predicted molar refractivity (Wildman–Crippen MR) is 123 cm³/mol. The Labute approximate surface area is 198 Å². The Morgan fingerprint density at radius 3 is 2.03 bits per heavy atom. The van der Waals surface area contributed by atoms with Crippen molar-refractivity contribution < 1.29 is 38.1 Å². The first-order valence-electron chi connectivity index (χ1n) is 10.6. The van der Waals surface area contributed by atoms with Crippen molar-refractivity contribution in [3.8, 4) is 23.0 Å². The number of amides is 2. The molecule has 0 radical (unpaired) electrons. The van der Waals surface area contributed by atoms with Gasteiger partial charge in [0.05, 0.1) is 33.5 Å². The normalized spacial score (nSPS) is 10.3. The van der Waals surface area contributed by atoms with E-state index in [4.69, 9.17) is 23.7 Å². The van der Waals surface area contributed by atoms with Crippen LogP contribution in [-0.2, 0) is 9.53 Å². The lowest BCUT2D eigenvalue weighted by Crippen LogP contribution is -2.43. The third-order valence-electron chi connectivity index (χ3n) is 4.65. The average Bonchev–Trinajstić information content (AvgIpc) is 2.85. The van der Waals surface area contributed by atoms with Crippen LogP contribution >= 0.6 is 0 Å². The van der Waals surface area contributed by atoms with Gasteiger partial charge in [0.15, 0.2) is 29.6 Å². The van der Waals surface area contributed by atoms with Crippen molar-refractivity contribution in [2.24, 2.45) is 5.92 Å². The van der Waals surface area contributed by atoms with Crippen LogP contribution in [-0.4, -0.2) is 52.3 Å². The van der Waals surface area contributed by atoms with Gasteiger partial charge in [-0.1, -0.05) is 13.8 Å². The SMILES string of the molecule is COc1ccc(C(=O)NNC(=O)COC(=O)c2ccc(OCCC(C)C)c(OC)c2)cc1OC. The molecule has 0 heterocycles. The molecule has 0 aromatic heterocycles. The largest absolute Gasteiger partial charge is 0.493 e. The molecule has 2 aromatic carbocycles. The van der Waals surface area contributed by atoms with Crippen LogP contribution in [0.2, 0.25) is 0 Å². The lowest BCUT2D eigenvalue weighted by molar-refractivity contribution is -0.125. The molecule has 0 aliphatic carbocycles. The van der Waals surface area contributed by atoms with E-state index in [0.29, 0.717) is 35.5 Å². The molecule has 10 heteroatoms.